The number of nitrogens with two attached hydrogens (primary N) is 1. The molecule has 1 atom stereocenters. The Morgan fingerprint density at radius 2 is 2.04 bits per heavy atom. The van der Waals surface area contributed by atoms with E-state index in [1.807, 2.05) is 0 Å². The fraction of sp³-hybridized carbons (Fsp3) is 0.611. The van der Waals surface area contributed by atoms with E-state index in [0.29, 0.717) is 5.52 Å². The van der Waals surface area contributed by atoms with Crippen LogP contribution in [-0.4, -0.2) is 47.5 Å². The number of carbonyl (C=O) groups is 1. The molecule has 0 radical (unpaired) electrons. The average Bonchev–Trinajstić information content (AvgIpc) is 2.85. The Labute approximate surface area is 170 Å². The highest BCUT2D eigenvalue weighted by molar-refractivity contribution is 6.74. The highest BCUT2D eigenvalue weighted by Crippen LogP contribution is 2.37. The standard InChI is InChI=1S/C18H29ClN4O4Si/c1-7-26-16(24)15-13-9-21-14(19)11-22(13)17(25)23(15)10-12(8-20)27-28(5,6)18(2,3)4/h9,11-12H,7-8,10,20H2,1-6H3. The van der Waals surface area contributed by atoms with Gasteiger partial charge in [0.05, 0.1) is 37.2 Å². The maximum Gasteiger partial charge on any atom is 0.357 e. The number of rotatable bonds is 7. The number of esters is 1. The number of nitrogens with zero attached hydrogens (tertiary/aromatic N) is 3. The van der Waals surface area contributed by atoms with Crippen molar-refractivity contribution in [1.82, 2.24) is 14.0 Å². The Morgan fingerprint density at radius 1 is 1.39 bits per heavy atom. The van der Waals surface area contributed by atoms with Gasteiger partial charge in [-0.1, -0.05) is 32.4 Å². The van der Waals surface area contributed by atoms with Crippen LogP contribution >= 0.6 is 11.6 Å². The summed E-state index contributed by atoms with van der Waals surface area (Å²) in [6, 6.07) is 0. The maximum absolute atomic E-state index is 13.0. The van der Waals surface area contributed by atoms with Crippen LogP contribution in [-0.2, 0) is 15.7 Å². The van der Waals surface area contributed by atoms with Gasteiger partial charge in [-0.05, 0) is 25.1 Å². The Balaban J connectivity index is 2.53. The summed E-state index contributed by atoms with van der Waals surface area (Å²) in [4.78, 5) is 29.5. The first-order chi connectivity index (χ1) is 12.9. The molecule has 0 spiro atoms. The number of ether oxygens (including phenoxy) is 1. The molecule has 0 aliphatic heterocycles. The third-order valence-electron chi connectivity index (χ3n) is 5.14. The van der Waals surface area contributed by atoms with E-state index in [-0.39, 0.29) is 35.6 Å². The molecule has 1 unspecified atom stereocenters. The topological polar surface area (TPSA) is 101 Å². The van der Waals surface area contributed by atoms with E-state index in [1.54, 1.807) is 6.92 Å². The molecule has 8 nitrogen and oxygen atoms in total. The summed E-state index contributed by atoms with van der Waals surface area (Å²) >= 11 is 5.93. The van der Waals surface area contributed by atoms with Crippen LogP contribution in [0.25, 0.3) is 5.52 Å². The lowest BCUT2D eigenvalue weighted by molar-refractivity contribution is 0.0512. The van der Waals surface area contributed by atoms with Gasteiger partial charge in [-0.2, -0.15) is 0 Å². The second-order valence-corrected chi connectivity index (χ2v) is 13.3. The summed E-state index contributed by atoms with van der Waals surface area (Å²) < 4.78 is 14.2. The van der Waals surface area contributed by atoms with Crippen molar-refractivity contribution in [1.29, 1.82) is 0 Å². The van der Waals surface area contributed by atoms with Gasteiger partial charge in [-0.3, -0.25) is 8.97 Å². The van der Waals surface area contributed by atoms with Gasteiger partial charge in [0.15, 0.2) is 14.0 Å². The fourth-order valence-corrected chi connectivity index (χ4v) is 4.14. The molecule has 0 aliphatic carbocycles. The van der Waals surface area contributed by atoms with Gasteiger partial charge in [0.2, 0.25) is 0 Å². The first-order valence-electron chi connectivity index (χ1n) is 9.24. The van der Waals surface area contributed by atoms with Crippen LogP contribution in [0.3, 0.4) is 0 Å². The molecule has 0 aliphatic rings. The quantitative estimate of drug-likeness (QED) is 0.537. The zero-order chi connectivity index (χ0) is 21.3. The lowest BCUT2D eigenvalue weighted by Crippen LogP contribution is -2.47. The van der Waals surface area contributed by atoms with Gasteiger partial charge in [-0.25, -0.2) is 14.6 Å². The zero-order valence-corrected chi connectivity index (χ0v) is 19.0. The minimum atomic E-state index is -2.12. The highest BCUT2D eigenvalue weighted by atomic mass is 35.5. The van der Waals surface area contributed by atoms with E-state index in [4.69, 9.17) is 26.5 Å². The summed E-state index contributed by atoms with van der Waals surface area (Å²) in [7, 11) is -2.12. The number of aromatic nitrogens is 3. The number of fused-ring (bicyclic) bond motifs is 1. The SMILES string of the molecule is CCOC(=O)c1c2cnc(Cl)cn2c(=O)n1CC(CN)O[Si](C)(C)C(C)(C)C. The van der Waals surface area contributed by atoms with Crippen molar-refractivity contribution in [3.05, 3.63) is 33.7 Å². The normalized spacial score (nSPS) is 13.7. The fourth-order valence-electron chi connectivity index (χ4n) is 2.63. The lowest BCUT2D eigenvalue weighted by atomic mass is 10.2. The van der Waals surface area contributed by atoms with Crippen LogP contribution in [0.5, 0.6) is 0 Å². The van der Waals surface area contributed by atoms with E-state index in [2.05, 4.69) is 38.8 Å². The summed E-state index contributed by atoms with van der Waals surface area (Å²) in [5.74, 6) is -0.602. The van der Waals surface area contributed by atoms with E-state index >= 15 is 0 Å². The van der Waals surface area contributed by atoms with Crippen LogP contribution in [0.15, 0.2) is 17.2 Å². The molecule has 0 saturated carbocycles. The third-order valence-corrected chi connectivity index (χ3v) is 9.87. The number of imidazole rings is 1. The first kappa shape index (κ1) is 22.6. The van der Waals surface area contributed by atoms with Crippen LogP contribution in [0.1, 0.15) is 38.2 Å². The van der Waals surface area contributed by atoms with Gasteiger partial charge in [0.25, 0.3) is 0 Å². The molecule has 2 aromatic rings. The summed E-state index contributed by atoms with van der Waals surface area (Å²) in [5, 5.41) is 0.133. The Bertz CT molecular complexity index is 917. The molecule has 156 valence electrons. The third kappa shape index (κ3) is 4.48. The monoisotopic (exact) mass is 428 g/mol. The van der Waals surface area contributed by atoms with Crippen molar-refractivity contribution in [2.75, 3.05) is 13.2 Å². The van der Waals surface area contributed by atoms with E-state index < -0.39 is 26.1 Å². The molecule has 0 fully saturated rings. The minimum absolute atomic E-state index is 0.0156. The van der Waals surface area contributed by atoms with E-state index in [1.165, 1.54) is 21.4 Å². The molecule has 2 heterocycles. The molecule has 2 aromatic heterocycles. The van der Waals surface area contributed by atoms with Crippen LogP contribution < -0.4 is 11.4 Å². The second-order valence-electron chi connectivity index (χ2n) is 8.16. The average molecular weight is 429 g/mol. The van der Waals surface area contributed by atoms with Crippen LogP contribution in [0.2, 0.25) is 23.3 Å². The molecular formula is C18H29ClN4O4Si. The van der Waals surface area contributed by atoms with Crippen molar-refractivity contribution in [2.24, 2.45) is 5.73 Å². The largest absolute Gasteiger partial charge is 0.461 e. The Kier molecular flexibility index (Phi) is 6.75. The molecule has 0 amide bonds. The van der Waals surface area contributed by atoms with Gasteiger partial charge < -0.3 is 14.9 Å². The van der Waals surface area contributed by atoms with Crippen molar-refractivity contribution in [3.63, 3.8) is 0 Å². The highest BCUT2D eigenvalue weighted by Gasteiger charge is 2.39. The summed E-state index contributed by atoms with van der Waals surface area (Å²) in [6.07, 6.45) is 2.34. The molecular weight excluding hydrogens is 400 g/mol. The molecule has 0 bridgehead atoms. The molecule has 0 aromatic carbocycles. The van der Waals surface area contributed by atoms with E-state index in [0.717, 1.165) is 0 Å². The van der Waals surface area contributed by atoms with Gasteiger partial charge in [-0.15, -0.1) is 0 Å². The number of hydrogen-bond acceptors (Lipinski definition) is 6. The van der Waals surface area contributed by atoms with Gasteiger partial charge in [0.1, 0.15) is 5.15 Å². The molecule has 28 heavy (non-hydrogen) atoms. The minimum Gasteiger partial charge on any atom is -0.461 e. The molecule has 2 rings (SSSR count). The predicted molar refractivity (Wildman–Crippen MR) is 112 cm³/mol. The lowest BCUT2D eigenvalue weighted by Gasteiger charge is -2.39. The molecule has 10 heteroatoms. The van der Waals surface area contributed by atoms with Crippen molar-refractivity contribution in [2.45, 2.75) is 58.5 Å². The smallest absolute Gasteiger partial charge is 0.357 e. The first-order valence-corrected chi connectivity index (χ1v) is 12.5. The van der Waals surface area contributed by atoms with Gasteiger partial charge in [0, 0.05) is 6.54 Å². The maximum atomic E-state index is 13.0. The number of carbonyl (C=O) groups excluding carboxylic acids is 1. The van der Waals surface area contributed by atoms with Crippen molar-refractivity contribution >= 4 is 31.4 Å². The summed E-state index contributed by atoms with van der Waals surface area (Å²) in [6.45, 7) is 12.9. The number of hydrogen-bond donors (Lipinski definition) is 1. The van der Waals surface area contributed by atoms with Crippen molar-refractivity contribution in [3.8, 4) is 0 Å². The van der Waals surface area contributed by atoms with E-state index in [9.17, 15) is 9.59 Å². The number of halogens is 1. The Morgan fingerprint density at radius 3 is 2.57 bits per heavy atom. The van der Waals surface area contributed by atoms with Crippen molar-refractivity contribution < 1.29 is 14.0 Å². The summed E-state index contributed by atoms with van der Waals surface area (Å²) in [5.41, 5.74) is 5.98. The van der Waals surface area contributed by atoms with Gasteiger partial charge >= 0.3 is 11.7 Å². The molecule has 0 saturated heterocycles. The second kappa shape index (κ2) is 8.36. The zero-order valence-electron chi connectivity index (χ0n) is 17.3. The predicted octanol–water partition coefficient (Wildman–Crippen LogP) is 2.68. The van der Waals surface area contributed by atoms with Crippen LogP contribution in [0.4, 0.5) is 0 Å². The van der Waals surface area contributed by atoms with Crippen LogP contribution in [0, 0.1) is 0 Å². The Hall–Kier alpha value is -1.68. The molecule has 2 N–H and O–H groups in total.